The van der Waals surface area contributed by atoms with Crippen LogP contribution in [0.2, 0.25) is 0 Å². The van der Waals surface area contributed by atoms with Crippen LogP contribution in [0.5, 0.6) is 0 Å². The highest BCUT2D eigenvalue weighted by Crippen LogP contribution is 2.29. The Morgan fingerprint density at radius 1 is 1.11 bits per heavy atom. The van der Waals surface area contributed by atoms with Gasteiger partial charge in [0.05, 0.1) is 0 Å². The van der Waals surface area contributed by atoms with E-state index in [1.807, 2.05) is 4.90 Å². The first kappa shape index (κ1) is 20.0. The molecule has 0 N–H and O–H groups in total. The lowest BCUT2D eigenvalue weighted by Gasteiger charge is -2.36. The van der Waals surface area contributed by atoms with Crippen molar-refractivity contribution < 1.29 is 18.0 Å². The van der Waals surface area contributed by atoms with Crippen molar-refractivity contribution in [1.29, 1.82) is 0 Å². The van der Waals surface area contributed by atoms with Crippen LogP contribution in [0.4, 0.5) is 19.0 Å². The van der Waals surface area contributed by atoms with E-state index in [-0.39, 0.29) is 17.3 Å². The van der Waals surface area contributed by atoms with Gasteiger partial charge in [-0.2, -0.15) is 9.37 Å². The molecule has 2 heterocycles. The van der Waals surface area contributed by atoms with Gasteiger partial charge in [-0.15, -0.1) is 0 Å². The lowest BCUT2D eigenvalue weighted by atomic mass is 9.92. The molecule has 1 saturated heterocycles. The molecule has 7 heteroatoms. The third kappa shape index (κ3) is 4.55. The van der Waals surface area contributed by atoms with Crippen LogP contribution >= 0.6 is 0 Å². The Morgan fingerprint density at radius 3 is 2.56 bits per heavy atom. The van der Waals surface area contributed by atoms with Gasteiger partial charge in [-0.05, 0) is 44.9 Å². The van der Waals surface area contributed by atoms with Gasteiger partial charge in [0.15, 0.2) is 17.5 Å². The predicted molar refractivity (Wildman–Crippen MR) is 98.0 cm³/mol. The maximum Gasteiger partial charge on any atom is 0.251 e. The Bertz CT molecular complexity index is 664. The molecule has 1 saturated carbocycles. The number of halogens is 3. The molecule has 3 rings (SSSR count). The van der Waals surface area contributed by atoms with Crippen molar-refractivity contribution in [3.8, 4) is 0 Å². The van der Waals surface area contributed by atoms with E-state index >= 15 is 0 Å². The minimum Gasteiger partial charge on any atom is -0.354 e. The third-order valence-corrected chi connectivity index (χ3v) is 6.03. The zero-order valence-electron chi connectivity index (χ0n) is 15.9. The summed E-state index contributed by atoms with van der Waals surface area (Å²) in [6.45, 7) is 3.04. The Kier molecular flexibility index (Phi) is 6.60. The van der Waals surface area contributed by atoms with Crippen molar-refractivity contribution in [3.63, 3.8) is 0 Å². The van der Waals surface area contributed by atoms with Crippen LogP contribution < -0.4 is 4.90 Å². The van der Waals surface area contributed by atoms with Gasteiger partial charge in [0.2, 0.25) is 6.41 Å². The SMILES string of the molecule is Cc1c(F)c(F)nc(N2CCCC(CCN(C=O)C3CCCCC3)C2)c1F. The summed E-state index contributed by atoms with van der Waals surface area (Å²) >= 11 is 0. The largest absolute Gasteiger partial charge is 0.354 e. The Morgan fingerprint density at radius 2 is 1.85 bits per heavy atom. The second kappa shape index (κ2) is 8.93. The highest BCUT2D eigenvalue weighted by Gasteiger charge is 2.27. The molecular weight excluding hydrogens is 355 g/mol. The van der Waals surface area contributed by atoms with E-state index in [2.05, 4.69) is 4.98 Å². The summed E-state index contributed by atoms with van der Waals surface area (Å²) in [6.07, 6.45) is 9.34. The number of piperidine rings is 1. The zero-order valence-corrected chi connectivity index (χ0v) is 15.9. The van der Waals surface area contributed by atoms with E-state index in [4.69, 9.17) is 0 Å². The number of carbonyl (C=O) groups is 1. The molecule has 2 aliphatic rings. The number of hydrogen-bond donors (Lipinski definition) is 0. The van der Waals surface area contributed by atoms with Gasteiger partial charge < -0.3 is 9.80 Å². The number of nitrogens with zero attached hydrogens (tertiary/aromatic N) is 3. The van der Waals surface area contributed by atoms with E-state index in [1.165, 1.54) is 26.2 Å². The van der Waals surface area contributed by atoms with Crippen molar-refractivity contribution in [2.24, 2.45) is 5.92 Å². The number of carbonyl (C=O) groups excluding carboxylic acids is 1. The minimum absolute atomic E-state index is 0.101. The lowest BCUT2D eigenvalue weighted by molar-refractivity contribution is -0.121. The normalized spacial score (nSPS) is 21.3. The summed E-state index contributed by atoms with van der Waals surface area (Å²) in [5, 5.41) is 0. The lowest BCUT2D eigenvalue weighted by Crippen LogP contribution is -2.40. The fraction of sp³-hybridized carbons (Fsp3) is 0.700. The molecule has 2 fully saturated rings. The molecule has 1 aliphatic carbocycles. The monoisotopic (exact) mass is 383 g/mol. The Labute approximate surface area is 158 Å². The molecule has 1 aromatic heterocycles. The molecule has 1 aromatic rings. The van der Waals surface area contributed by atoms with Crippen LogP contribution in [0.3, 0.4) is 0 Å². The number of hydrogen-bond acceptors (Lipinski definition) is 3. The van der Waals surface area contributed by atoms with Crippen LogP contribution in [0, 0.1) is 30.4 Å². The molecule has 1 unspecified atom stereocenters. The number of aromatic nitrogens is 1. The fourth-order valence-electron chi connectivity index (χ4n) is 4.38. The van der Waals surface area contributed by atoms with Crippen LogP contribution in [0.15, 0.2) is 0 Å². The fourth-order valence-corrected chi connectivity index (χ4v) is 4.38. The van der Waals surface area contributed by atoms with E-state index < -0.39 is 17.6 Å². The summed E-state index contributed by atoms with van der Waals surface area (Å²) in [6, 6.07) is 0.337. The van der Waals surface area contributed by atoms with E-state index in [0.717, 1.165) is 38.5 Å². The van der Waals surface area contributed by atoms with Gasteiger partial charge in [0, 0.05) is 31.2 Å². The molecular formula is C20H28F3N3O. The van der Waals surface area contributed by atoms with Crippen molar-refractivity contribution in [2.45, 2.75) is 64.3 Å². The zero-order chi connectivity index (χ0) is 19.4. The van der Waals surface area contributed by atoms with Gasteiger partial charge in [0.1, 0.15) is 0 Å². The highest BCUT2D eigenvalue weighted by molar-refractivity contribution is 5.48. The van der Waals surface area contributed by atoms with Gasteiger partial charge >= 0.3 is 0 Å². The van der Waals surface area contributed by atoms with Crippen molar-refractivity contribution in [2.75, 3.05) is 24.5 Å². The Hall–Kier alpha value is -1.79. The second-order valence-electron chi connectivity index (χ2n) is 7.86. The Balaban J connectivity index is 1.62. The highest BCUT2D eigenvalue weighted by atomic mass is 19.2. The summed E-state index contributed by atoms with van der Waals surface area (Å²) in [5.41, 5.74) is -0.330. The average molecular weight is 383 g/mol. The van der Waals surface area contributed by atoms with Crippen molar-refractivity contribution in [3.05, 3.63) is 23.1 Å². The van der Waals surface area contributed by atoms with E-state index in [1.54, 1.807) is 4.90 Å². The number of anilines is 1. The molecule has 0 spiro atoms. The summed E-state index contributed by atoms with van der Waals surface area (Å²) in [4.78, 5) is 18.6. The summed E-state index contributed by atoms with van der Waals surface area (Å²) in [5.74, 6) is -3.09. The van der Waals surface area contributed by atoms with Crippen LogP contribution in [0.1, 0.15) is 56.9 Å². The second-order valence-corrected chi connectivity index (χ2v) is 7.86. The minimum atomic E-state index is -1.25. The first-order valence-electron chi connectivity index (χ1n) is 9.98. The summed E-state index contributed by atoms with van der Waals surface area (Å²) in [7, 11) is 0. The number of amides is 1. The molecule has 0 radical (unpaired) electrons. The predicted octanol–water partition coefficient (Wildman–Crippen LogP) is 4.20. The third-order valence-electron chi connectivity index (χ3n) is 6.03. The molecule has 27 heavy (non-hydrogen) atoms. The number of pyridine rings is 1. The molecule has 1 aliphatic heterocycles. The summed E-state index contributed by atoms with van der Waals surface area (Å²) < 4.78 is 41.6. The van der Waals surface area contributed by atoms with Gasteiger partial charge in [-0.25, -0.2) is 8.78 Å². The van der Waals surface area contributed by atoms with Gasteiger partial charge in [-0.3, -0.25) is 4.79 Å². The average Bonchev–Trinajstić information content (AvgIpc) is 2.70. The maximum atomic E-state index is 14.4. The molecule has 4 nitrogen and oxygen atoms in total. The van der Waals surface area contributed by atoms with Gasteiger partial charge in [-0.1, -0.05) is 19.3 Å². The van der Waals surface area contributed by atoms with Crippen LogP contribution in [0.25, 0.3) is 0 Å². The molecule has 150 valence electrons. The number of rotatable bonds is 6. The standard InChI is InChI=1S/C20H28F3N3O/c1-14-17(21)19(23)24-20(18(14)22)25-10-5-6-15(12-25)9-11-26(13-27)16-7-3-2-4-8-16/h13,15-16H,2-12H2,1H3. The smallest absolute Gasteiger partial charge is 0.251 e. The quantitative estimate of drug-likeness (QED) is 0.546. The molecule has 0 bridgehead atoms. The van der Waals surface area contributed by atoms with Crippen molar-refractivity contribution >= 4 is 12.2 Å². The molecule has 1 amide bonds. The molecule has 0 aromatic carbocycles. The van der Waals surface area contributed by atoms with Crippen LogP contribution in [-0.2, 0) is 4.79 Å². The van der Waals surface area contributed by atoms with E-state index in [0.29, 0.717) is 25.7 Å². The topological polar surface area (TPSA) is 36.4 Å². The maximum absolute atomic E-state index is 14.4. The van der Waals surface area contributed by atoms with Crippen LogP contribution in [-0.4, -0.2) is 42.0 Å². The van der Waals surface area contributed by atoms with E-state index in [9.17, 15) is 18.0 Å². The van der Waals surface area contributed by atoms with Crippen molar-refractivity contribution in [1.82, 2.24) is 9.88 Å². The first-order chi connectivity index (χ1) is 13.0. The first-order valence-corrected chi connectivity index (χ1v) is 9.98. The molecule has 1 atom stereocenters. The van der Waals surface area contributed by atoms with Gasteiger partial charge in [0.25, 0.3) is 5.95 Å².